The number of aliphatic hydroxyl groups excluding tert-OH is 1. The minimum atomic E-state index is -0.676. The molecule has 0 aliphatic heterocycles. The highest BCUT2D eigenvalue weighted by Crippen LogP contribution is 2.17. The van der Waals surface area contributed by atoms with E-state index >= 15 is 0 Å². The highest BCUT2D eigenvalue weighted by Gasteiger charge is 2.10. The highest BCUT2D eigenvalue weighted by molar-refractivity contribution is 6.04. The number of carbonyl (C=O) groups excluding carboxylic acids is 1. The van der Waals surface area contributed by atoms with Crippen LogP contribution < -0.4 is 10.1 Å². The summed E-state index contributed by atoms with van der Waals surface area (Å²) >= 11 is 0. The van der Waals surface area contributed by atoms with Crippen molar-refractivity contribution < 1.29 is 14.6 Å². The normalized spacial score (nSPS) is 11.9. The van der Waals surface area contributed by atoms with Gasteiger partial charge in [0.05, 0.1) is 23.9 Å². The van der Waals surface area contributed by atoms with E-state index in [4.69, 9.17) is 4.74 Å². The second kappa shape index (κ2) is 8.58. The number of carbonyl (C=O) groups is 1. The number of benzene rings is 3. The maximum Gasteiger partial charge on any atom is 0.255 e. The molecular weight excluding hydrogens is 366 g/mol. The number of nitrogens with one attached hydrogen (secondary N) is 1. The van der Waals surface area contributed by atoms with Crippen molar-refractivity contribution in [2.45, 2.75) is 12.6 Å². The number of anilines is 1. The molecule has 0 saturated carbocycles. The van der Waals surface area contributed by atoms with E-state index in [-0.39, 0.29) is 12.5 Å². The monoisotopic (exact) mass is 387 g/mol. The maximum absolute atomic E-state index is 12.2. The summed E-state index contributed by atoms with van der Waals surface area (Å²) in [4.78, 5) is 16.5. The van der Waals surface area contributed by atoms with Crippen LogP contribution in [0.5, 0.6) is 5.75 Å². The molecule has 1 heterocycles. The first kappa shape index (κ1) is 18.7. The van der Waals surface area contributed by atoms with Crippen LogP contribution in [0.25, 0.3) is 11.0 Å². The van der Waals surface area contributed by atoms with E-state index in [1.54, 1.807) is 42.7 Å². The molecule has 4 rings (SSSR count). The standard InChI is InChI=1S/C23H21N3O3/c27-19(14-26-16-24-21-8-4-5-9-22(21)26)15-29-20-12-10-18(11-13-20)25-23(28)17-6-2-1-3-7-17/h1-13,16,19,27H,14-15H2,(H,25,28)/t19-/m0/s1. The van der Waals surface area contributed by atoms with Crippen molar-refractivity contribution in [1.29, 1.82) is 0 Å². The lowest BCUT2D eigenvalue weighted by Crippen LogP contribution is -2.23. The van der Waals surface area contributed by atoms with Gasteiger partial charge in [0.15, 0.2) is 0 Å². The van der Waals surface area contributed by atoms with E-state index in [2.05, 4.69) is 10.3 Å². The molecule has 146 valence electrons. The van der Waals surface area contributed by atoms with Gasteiger partial charge in [-0.3, -0.25) is 4.79 Å². The minimum Gasteiger partial charge on any atom is -0.491 e. The molecule has 29 heavy (non-hydrogen) atoms. The molecular formula is C23H21N3O3. The van der Waals surface area contributed by atoms with E-state index in [0.29, 0.717) is 23.5 Å². The smallest absolute Gasteiger partial charge is 0.255 e. The lowest BCUT2D eigenvalue weighted by Gasteiger charge is -2.14. The number of rotatable bonds is 7. The van der Waals surface area contributed by atoms with Crippen LogP contribution in [0.15, 0.2) is 85.2 Å². The Balaban J connectivity index is 1.30. The van der Waals surface area contributed by atoms with Crippen molar-refractivity contribution in [2.75, 3.05) is 11.9 Å². The molecule has 6 nitrogen and oxygen atoms in total. The van der Waals surface area contributed by atoms with Gasteiger partial charge in [0, 0.05) is 11.3 Å². The van der Waals surface area contributed by atoms with Crippen LogP contribution in [0, 0.1) is 0 Å². The lowest BCUT2D eigenvalue weighted by atomic mass is 10.2. The number of hydrogen-bond donors (Lipinski definition) is 2. The number of hydrogen-bond acceptors (Lipinski definition) is 4. The molecule has 0 fully saturated rings. The second-order valence-electron chi connectivity index (χ2n) is 6.70. The Bertz CT molecular complexity index is 1090. The van der Waals surface area contributed by atoms with Crippen molar-refractivity contribution >= 4 is 22.6 Å². The first-order chi connectivity index (χ1) is 14.2. The molecule has 4 aromatic rings. The van der Waals surface area contributed by atoms with E-state index in [0.717, 1.165) is 11.0 Å². The van der Waals surface area contributed by atoms with Crippen molar-refractivity contribution in [3.63, 3.8) is 0 Å². The number of amides is 1. The summed E-state index contributed by atoms with van der Waals surface area (Å²) in [5.74, 6) is 0.458. The van der Waals surface area contributed by atoms with Gasteiger partial charge in [-0.05, 0) is 48.5 Å². The van der Waals surface area contributed by atoms with Gasteiger partial charge in [0.1, 0.15) is 18.5 Å². The summed E-state index contributed by atoms with van der Waals surface area (Å²) in [6, 6.07) is 23.9. The third-order valence-corrected chi connectivity index (χ3v) is 4.53. The Morgan fingerprint density at radius 3 is 2.52 bits per heavy atom. The van der Waals surface area contributed by atoms with Gasteiger partial charge in [-0.25, -0.2) is 4.98 Å². The molecule has 0 radical (unpaired) electrons. The van der Waals surface area contributed by atoms with Crippen molar-refractivity contribution in [3.8, 4) is 5.75 Å². The topological polar surface area (TPSA) is 76.4 Å². The predicted molar refractivity (Wildman–Crippen MR) is 112 cm³/mol. The molecule has 1 amide bonds. The van der Waals surface area contributed by atoms with Crippen LogP contribution in [-0.4, -0.2) is 33.3 Å². The van der Waals surface area contributed by atoms with Crippen LogP contribution in [0.1, 0.15) is 10.4 Å². The van der Waals surface area contributed by atoms with Crippen molar-refractivity contribution in [1.82, 2.24) is 9.55 Å². The molecule has 0 saturated heterocycles. The van der Waals surface area contributed by atoms with Crippen LogP contribution in [0.4, 0.5) is 5.69 Å². The molecule has 2 N–H and O–H groups in total. The van der Waals surface area contributed by atoms with E-state index in [1.165, 1.54) is 0 Å². The summed E-state index contributed by atoms with van der Waals surface area (Å²) in [6.45, 7) is 0.550. The van der Waals surface area contributed by atoms with E-state index in [9.17, 15) is 9.90 Å². The van der Waals surface area contributed by atoms with Gasteiger partial charge in [0.2, 0.25) is 0 Å². The largest absolute Gasteiger partial charge is 0.491 e. The van der Waals surface area contributed by atoms with Crippen LogP contribution in [0.3, 0.4) is 0 Å². The van der Waals surface area contributed by atoms with Gasteiger partial charge in [0.25, 0.3) is 5.91 Å². The minimum absolute atomic E-state index is 0.155. The number of aliphatic hydroxyl groups is 1. The molecule has 3 aromatic carbocycles. The Morgan fingerprint density at radius 2 is 1.72 bits per heavy atom. The first-order valence-electron chi connectivity index (χ1n) is 9.36. The van der Waals surface area contributed by atoms with Crippen molar-refractivity contribution in [2.24, 2.45) is 0 Å². The van der Waals surface area contributed by atoms with Gasteiger partial charge in [-0.15, -0.1) is 0 Å². The molecule has 0 aliphatic carbocycles. The summed E-state index contributed by atoms with van der Waals surface area (Å²) < 4.78 is 7.59. The third-order valence-electron chi connectivity index (χ3n) is 4.53. The summed E-state index contributed by atoms with van der Waals surface area (Å²) in [6.07, 6.45) is 1.04. The zero-order valence-electron chi connectivity index (χ0n) is 15.7. The SMILES string of the molecule is O=C(Nc1ccc(OC[C@@H](O)Cn2cnc3ccccc32)cc1)c1ccccc1. The first-order valence-corrected chi connectivity index (χ1v) is 9.36. The fraction of sp³-hybridized carbons (Fsp3) is 0.130. The molecule has 0 spiro atoms. The lowest BCUT2D eigenvalue weighted by molar-refractivity contribution is 0.0934. The number of ether oxygens (including phenoxy) is 1. The van der Waals surface area contributed by atoms with Crippen molar-refractivity contribution in [3.05, 3.63) is 90.8 Å². The van der Waals surface area contributed by atoms with Gasteiger partial charge in [-0.1, -0.05) is 30.3 Å². The van der Waals surface area contributed by atoms with Gasteiger partial charge < -0.3 is 19.7 Å². The van der Waals surface area contributed by atoms with Crippen LogP contribution in [0.2, 0.25) is 0 Å². The Labute approximate surface area is 168 Å². The number of nitrogens with zero attached hydrogens (tertiary/aromatic N) is 2. The zero-order chi connectivity index (χ0) is 20.1. The summed E-state index contributed by atoms with van der Waals surface area (Å²) in [5.41, 5.74) is 3.15. The van der Waals surface area contributed by atoms with Crippen LogP contribution in [-0.2, 0) is 6.54 Å². The van der Waals surface area contributed by atoms with Gasteiger partial charge in [-0.2, -0.15) is 0 Å². The Hall–Kier alpha value is -3.64. The average molecular weight is 387 g/mol. The molecule has 0 bridgehead atoms. The predicted octanol–water partition coefficient (Wildman–Crippen LogP) is 3.73. The zero-order valence-corrected chi connectivity index (χ0v) is 15.7. The number of aromatic nitrogens is 2. The Morgan fingerprint density at radius 1 is 1.00 bits per heavy atom. The van der Waals surface area contributed by atoms with Crippen LogP contribution >= 0.6 is 0 Å². The number of fused-ring (bicyclic) bond motifs is 1. The third kappa shape index (κ3) is 4.62. The average Bonchev–Trinajstić information content (AvgIpc) is 3.17. The summed E-state index contributed by atoms with van der Waals surface area (Å²) in [5, 5.41) is 13.2. The van der Waals surface area contributed by atoms with E-state index in [1.807, 2.05) is 47.0 Å². The molecule has 1 aromatic heterocycles. The fourth-order valence-corrected chi connectivity index (χ4v) is 3.06. The van der Waals surface area contributed by atoms with Gasteiger partial charge >= 0.3 is 0 Å². The second-order valence-corrected chi connectivity index (χ2v) is 6.70. The number of para-hydroxylation sites is 2. The Kier molecular flexibility index (Phi) is 5.54. The molecule has 0 unspecified atom stereocenters. The fourth-order valence-electron chi connectivity index (χ4n) is 3.06. The highest BCUT2D eigenvalue weighted by atomic mass is 16.5. The summed E-state index contributed by atoms with van der Waals surface area (Å²) in [7, 11) is 0. The quantitative estimate of drug-likeness (QED) is 0.507. The number of imidazole rings is 1. The maximum atomic E-state index is 12.2. The molecule has 0 aliphatic rings. The van der Waals surface area contributed by atoms with E-state index < -0.39 is 6.10 Å². The molecule has 1 atom stereocenters. The molecule has 6 heteroatoms.